The minimum Gasteiger partial charge on any atom is -0.493 e. The van der Waals surface area contributed by atoms with E-state index in [-0.39, 0.29) is 11.3 Å². The molecule has 3 aliphatic rings. The van der Waals surface area contributed by atoms with E-state index in [4.69, 9.17) is 9.47 Å². The van der Waals surface area contributed by atoms with Crippen molar-refractivity contribution in [3.05, 3.63) is 131 Å². The van der Waals surface area contributed by atoms with Crippen LogP contribution in [0.3, 0.4) is 0 Å². The van der Waals surface area contributed by atoms with Crippen LogP contribution < -0.4 is 9.47 Å². The van der Waals surface area contributed by atoms with Crippen molar-refractivity contribution < 1.29 is 9.47 Å². The smallest absolute Gasteiger partial charge is 0.122 e. The van der Waals surface area contributed by atoms with Gasteiger partial charge in [-0.2, -0.15) is 0 Å². The third-order valence-corrected chi connectivity index (χ3v) is 7.86. The number of hydrogen-bond acceptors (Lipinski definition) is 2. The Bertz CT molecular complexity index is 1310. The molecule has 0 spiro atoms. The Morgan fingerprint density at radius 1 is 0.594 bits per heavy atom. The summed E-state index contributed by atoms with van der Waals surface area (Å²) >= 11 is 0. The zero-order valence-corrected chi connectivity index (χ0v) is 17.8. The van der Waals surface area contributed by atoms with Gasteiger partial charge in [0.2, 0.25) is 0 Å². The van der Waals surface area contributed by atoms with Gasteiger partial charge in [-0.3, -0.25) is 0 Å². The number of hydrogen-bond donors (Lipinski definition) is 0. The summed E-state index contributed by atoms with van der Waals surface area (Å²) in [5.41, 5.74) is 6.49. The lowest BCUT2D eigenvalue weighted by Gasteiger charge is -2.56. The fraction of sp³-hybridized carbons (Fsp3) is 0.200. The Morgan fingerprint density at radius 3 is 2.03 bits per heavy atom. The molecular formula is C30H24O2. The lowest BCUT2D eigenvalue weighted by molar-refractivity contribution is 0.125. The second-order valence-electron chi connectivity index (χ2n) is 9.21. The maximum Gasteiger partial charge on any atom is 0.122 e. The molecule has 32 heavy (non-hydrogen) atoms. The van der Waals surface area contributed by atoms with Gasteiger partial charge in [0, 0.05) is 17.8 Å². The molecule has 0 bridgehead atoms. The average molecular weight is 417 g/mol. The first-order chi connectivity index (χ1) is 15.9. The van der Waals surface area contributed by atoms with Crippen molar-refractivity contribution in [2.45, 2.75) is 23.2 Å². The summed E-state index contributed by atoms with van der Waals surface area (Å²) in [5, 5.41) is 0. The summed E-state index contributed by atoms with van der Waals surface area (Å²) in [5.74, 6) is 2.94. The van der Waals surface area contributed by atoms with Crippen molar-refractivity contribution in [3.8, 4) is 11.5 Å². The van der Waals surface area contributed by atoms with Gasteiger partial charge in [0.15, 0.2) is 0 Å². The SMILES string of the molecule is c1ccc(C23COc4ccccc4C2C2c4ccccc4OCC2c2ccccc23)cc1. The standard InChI is InChI=1S/C30H24O2/c1-2-10-20(11-3-1)30-19-32-27-17-9-6-14-23(27)29(30)28-22-13-5-8-16-26(22)31-18-24(28)21-12-4-7-15-25(21)30/h1-17,24,28-29H,18-19H2. The van der Waals surface area contributed by atoms with Gasteiger partial charge in [-0.05, 0) is 39.9 Å². The molecule has 2 nitrogen and oxygen atoms in total. The van der Waals surface area contributed by atoms with E-state index in [1.807, 2.05) is 0 Å². The Kier molecular flexibility index (Phi) is 3.81. The molecule has 1 aliphatic carbocycles. The van der Waals surface area contributed by atoms with Crippen molar-refractivity contribution >= 4 is 0 Å². The molecule has 0 radical (unpaired) electrons. The highest BCUT2D eigenvalue weighted by Gasteiger charge is 2.58. The number of rotatable bonds is 1. The zero-order chi connectivity index (χ0) is 21.1. The van der Waals surface area contributed by atoms with Gasteiger partial charge in [0.05, 0.1) is 12.0 Å². The van der Waals surface area contributed by atoms with Crippen LogP contribution in [-0.4, -0.2) is 13.2 Å². The third-order valence-electron chi connectivity index (χ3n) is 7.86. The van der Waals surface area contributed by atoms with Crippen molar-refractivity contribution in [2.75, 3.05) is 13.2 Å². The van der Waals surface area contributed by atoms with Gasteiger partial charge in [0.1, 0.15) is 18.1 Å². The molecule has 0 fully saturated rings. The third kappa shape index (κ3) is 2.30. The molecule has 0 saturated carbocycles. The van der Waals surface area contributed by atoms with E-state index in [0.29, 0.717) is 25.0 Å². The molecule has 156 valence electrons. The van der Waals surface area contributed by atoms with Crippen LogP contribution in [0, 0.1) is 0 Å². The highest BCUT2D eigenvalue weighted by Crippen LogP contribution is 2.65. The molecule has 2 heterocycles. The van der Waals surface area contributed by atoms with Crippen LogP contribution in [0.15, 0.2) is 103 Å². The van der Waals surface area contributed by atoms with Gasteiger partial charge in [-0.1, -0.05) is 91.0 Å². The molecule has 2 aliphatic heterocycles. The molecule has 4 atom stereocenters. The molecule has 0 aromatic heterocycles. The van der Waals surface area contributed by atoms with E-state index in [2.05, 4.69) is 103 Å². The van der Waals surface area contributed by atoms with Gasteiger partial charge in [-0.15, -0.1) is 0 Å². The number of para-hydroxylation sites is 2. The van der Waals surface area contributed by atoms with E-state index >= 15 is 0 Å². The summed E-state index contributed by atoms with van der Waals surface area (Å²) < 4.78 is 12.9. The highest BCUT2D eigenvalue weighted by atomic mass is 16.5. The normalized spacial score (nSPS) is 26.8. The summed E-state index contributed by atoms with van der Waals surface area (Å²) in [6.07, 6.45) is 0. The minimum absolute atomic E-state index is 0.252. The van der Waals surface area contributed by atoms with E-state index in [0.717, 1.165) is 11.5 Å². The van der Waals surface area contributed by atoms with Gasteiger partial charge in [-0.25, -0.2) is 0 Å². The van der Waals surface area contributed by atoms with Crippen molar-refractivity contribution in [3.63, 3.8) is 0 Å². The molecule has 0 saturated heterocycles. The first-order valence-electron chi connectivity index (χ1n) is 11.5. The van der Waals surface area contributed by atoms with E-state index in [9.17, 15) is 0 Å². The summed E-state index contributed by atoms with van der Waals surface area (Å²) in [6, 6.07) is 37.3. The van der Waals surface area contributed by atoms with Crippen molar-refractivity contribution in [1.82, 2.24) is 0 Å². The maximum absolute atomic E-state index is 6.54. The maximum atomic E-state index is 6.54. The molecule has 7 rings (SSSR count). The fourth-order valence-corrected chi connectivity index (χ4v) is 6.62. The molecule has 0 amide bonds. The Morgan fingerprint density at radius 2 is 1.22 bits per heavy atom. The average Bonchev–Trinajstić information content (AvgIpc) is 2.88. The van der Waals surface area contributed by atoms with Crippen LogP contribution in [-0.2, 0) is 5.41 Å². The topological polar surface area (TPSA) is 18.5 Å². The highest BCUT2D eigenvalue weighted by molar-refractivity contribution is 5.61. The van der Waals surface area contributed by atoms with E-state index in [1.165, 1.54) is 27.8 Å². The predicted octanol–water partition coefficient (Wildman–Crippen LogP) is 6.42. The monoisotopic (exact) mass is 416 g/mol. The second-order valence-corrected chi connectivity index (χ2v) is 9.21. The minimum atomic E-state index is -0.252. The van der Waals surface area contributed by atoms with Gasteiger partial charge in [0.25, 0.3) is 0 Å². The lowest BCUT2D eigenvalue weighted by Crippen LogP contribution is -2.52. The lowest BCUT2D eigenvalue weighted by atomic mass is 9.50. The van der Waals surface area contributed by atoms with Crippen LogP contribution in [0.2, 0.25) is 0 Å². The molecule has 0 N–H and O–H groups in total. The fourth-order valence-electron chi connectivity index (χ4n) is 6.62. The number of ether oxygens (including phenoxy) is 2. The van der Waals surface area contributed by atoms with Gasteiger partial charge >= 0.3 is 0 Å². The summed E-state index contributed by atoms with van der Waals surface area (Å²) in [4.78, 5) is 0. The van der Waals surface area contributed by atoms with Gasteiger partial charge < -0.3 is 9.47 Å². The quantitative estimate of drug-likeness (QED) is 0.356. The van der Waals surface area contributed by atoms with E-state index in [1.54, 1.807) is 0 Å². The Balaban J connectivity index is 1.61. The molecule has 4 aromatic carbocycles. The van der Waals surface area contributed by atoms with Crippen molar-refractivity contribution in [1.29, 1.82) is 0 Å². The first-order valence-corrected chi connectivity index (χ1v) is 11.5. The Labute approximate surface area is 188 Å². The van der Waals surface area contributed by atoms with Crippen LogP contribution in [0.5, 0.6) is 11.5 Å². The zero-order valence-electron chi connectivity index (χ0n) is 17.8. The molecule has 4 unspecified atom stereocenters. The van der Waals surface area contributed by atoms with Crippen LogP contribution in [0.1, 0.15) is 45.6 Å². The summed E-state index contributed by atoms with van der Waals surface area (Å²) in [6.45, 7) is 1.35. The molecular weight excluding hydrogens is 392 g/mol. The predicted molar refractivity (Wildman–Crippen MR) is 126 cm³/mol. The largest absolute Gasteiger partial charge is 0.493 e. The van der Waals surface area contributed by atoms with E-state index < -0.39 is 0 Å². The second kappa shape index (κ2) is 6.74. The Hall–Kier alpha value is -3.52. The summed E-state index contributed by atoms with van der Waals surface area (Å²) in [7, 11) is 0. The molecule has 4 aromatic rings. The van der Waals surface area contributed by atoms with Crippen LogP contribution >= 0.6 is 0 Å². The van der Waals surface area contributed by atoms with Crippen LogP contribution in [0.25, 0.3) is 0 Å². The number of fused-ring (bicyclic) bond motifs is 10. The van der Waals surface area contributed by atoms with Crippen LogP contribution in [0.4, 0.5) is 0 Å². The number of benzene rings is 4. The van der Waals surface area contributed by atoms with Crippen molar-refractivity contribution in [2.24, 2.45) is 0 Å². The first kappa shape index (κ1) is 18.1. The molecule has 2 heteroatoms.